The van der Waals surface area contributed by atoms with Crippen LogP contribution in [0.25, 0.3) is 0 Å². The fourth-order valence-electron chi connectivity index (χ4n) is 2.93. The molecule has 0 fully saturated rings. The molecule has 0 unspecified atom stereocenters. The van der Waals surface area contributed by atoms with Gasteiger partial charge in [0.15, 0.2) is 6.61 Å². The van der Waals surface area contributed by atoms with Crippen LogP contribution in [-0.4, -0.2) is 33.4 Å². The van der Waals surface area contributed by atoms with Crippen LogP contribution in [0, 0.1) is 27.7 Å². The molecule has 0 aromatic heterocycles. The number of ether oxygens (including phenoxy) is 1. The largest absolute Gasteiger partial charge is 0.456 e. The van der Waals surface area contributed by atoms with Crippen LogP contribution >= 0.6 is 0 Å². The van der Waals surface area contributed by atoms with Gasteiger partial charge in [-0.25, -0.2) is 13.1 Å². The van der Waals surface area contributed by atoms with E-state index < -0.39 is 28.5 Å². The Morgan fingerprint density at radius 3 is 2.21 bits per heavy atom. The first-order valence-electron chi connectivity index (χ1n) is 9.17. The molecule has 0 saturated heterocycles. The summed E-state index contributed by atoms with van der Waals surface area (Å²) in [6.07, 6.45) is -0.180. The normalized spacial score (nSPS) is 11.2. The van der Waals surface area contributed by atoms with E-state index in [1.54, 1.807) is 19.1 Å². The van der Waals surface area contributed by atoms with E-state index in [1.807, 2.05) is 39.0 Å². The number of hydrogen-bond acceptors (Lipinski definition) is 5. The van der Waals surface area contributed by atoms with Crippen LogP contribution in [0.4, 0.5) is 5.69 Å². The number of anilines is 1. The van der Waals surface area contributed by atoms with Crippen molar-refractivity contribution < 1.29 is 22.7 Å². The van der Waals surface area contributed by atoms with Crippen molar-refractivity contribution in [1.29, 1.82) is 0 Å². The fraction of sp³-hybridized carbons (Fsp3) is 0.333. The van der Waals surface area contributed by atoms with Crippen LogP contribution < -0.4 is 10.0 Å². The van der Waals surface area contributed by atoms with Crippen molar-refractivity contribution in [3.8, 4) is 0 Å². The molecule has 0 atom stereocenters. The fourth-order valence-corrected chi connectivity index (χ4v) is 4.18. The molecule has 0 saturated carbocycles. The van der Waals surface area contributed by atoms with Crippen LogP contribution in [0.3, 0.4) is 0 Å². The van der Waals surface area contributed by atoms with Crippen molar-refractivity contribution in [3.63, 3.8) is 0 Å². The summed E-state index contributed by atoms with van der Waals surface area (Å²) in [7, 11) is -3.72. The van der Waals surface area contributed by atoms with Crippen molar-refractivity contribution in [3.05, 3.63) is 58.7 Å². The van der Waals surface area contributed by atoms with Crippen LogP contribution in [0.15, 0.2) is 41.3 Å². The molecule has 0 aliphatic heterocycles. The number of amides is 1. The predicted molar refractivity (Wildman–Crippen MR) is 111 cm³/mol. The summed E-state index contributed by atoms with van der Waals surface area (Å²) >= 11 is 0. The van der Waals surface area contributed by atoms with Crippen molar-refractivity contribution in [2.75, 3.05) is 18.5 Å². The first-order valence-corrected chi connectivity index (χ1v) is 10.7. The Morgan fingerprint density at radius 2 is 1.59 bits per heavy atom. The molecule has 2 N–H and O–H groups in total. The molecule has 1 amide bonds. The molecular weight excluding hydrogens is 392 g/mol. The molecule has 0 aliphatic rings. The minimum Gasteiger partial charge on any atom is -0.456 e. The van der Waals surface area contributed by atoms with Gasteiger partial charge in [0.05, 0.1) is 11.3 Å². The molecule has 2 aromatic carbocycles. The molecular formula is C21H26N2O5S. The second-order valence-electron chi connectivity index (χ2n) is 7.00. The zero-order chi connectivity index (χ0) is 21.6. The number of carbonyl (C=O) groups is 2. The monoisotopic (exact) mass is 418 g/mol. The van der Waals surface area contributed by atoms with Gasteiger partial charge >= 0.3 is 5.97 Å². The lowest BCUT2D eigenvalue weighted by molar-refractivity contribution is -0.147. The highest BCUT2D eigenvalue weighted by Crippen LogP contribution is 2.16. The Bertz CT molecular complexity index is 995. The Hall–Kier alpha value is -2.71. The third-order valence-corrected chi connectivity index (χ3v) is 5.73. The number of nitrogens with one attached hydrogen (secondary N) is 2. The van der Waals surface area contributed by atoms with E-state index in [0.29, 0.717) is 11.3 Å². The number of rotatable bonds is 8. The summed E-state index contributed by atoms with van der Waals surface area (Å²) in [5, 5.41) is 2.66. The number of benzene rings is 2. The average Bonchev–Trinajstić information content (AvgIpc) is 2.58. The maximum absolute atomic E-state index is 12.3. The van der Waals surface area contributed by atoms with Gasteiger partial charge in [0.25, 0.3) is 5.91 Å². The van der Waals surface area contributed by atoms with Gasteiger partial charge in [0.2, 0.25) is 10.0 Å². The number of carbonyl (C=O) groups excluding carboxylic acids is 2. The summed E-state index contributed by atoms with van der Waals surface area (Å²) in [6.45, 7) is 6.87. The van der Waals surface area contributed by atoms with Crippen molar-refractivity contribution in [2.24, 2.45) is 0 Å². The van der Waals surface area contributed by atoms with Crippen LogP contribution in [0.5, 0.6) is 0 Å². The number of aryl methyl sites for hydroxylation is 4. The highest BCUT2D eigenvalue weighted by Gasteiger charge is 2.17. The van der Waals surface area contributed by atoms with E-state index in [9.17, 15) is 18.0 Å². The van der Waals surface area contributed by atoms with E-state index in [0.717, 1.165) is 16.7 Å². The number of hydrogen-bond donors (Lipinski definition) is 2. The lowest BCUT2D eigenvalue weighted by atomic mass is 10.1. The predicted octanol–water partition coefficient (Wildman–Crippen LogP) is 2.77. The van der Waals surface area contributed by atoms with Gasteiger partial charge in [0.1, 0.15) is 0 Å². The molecule has 0 spiro atoms. The Morgan fingerprint density at radius 1 is 0.931 bits per heavy atom. The Kier molecular flexibility index (Phi) is 7.53. The molecule has 0 aliphatic carbocycles. The second-order valence-corrected chi connectivity index (χ2v) is 8.74. The quantitative estimate of drug-likeness (QED) is 0.642. The molecule has 8 heteroatoms. The van der Waals surface area contributed by atoms with Gasteiger partial charge in [-0.3, -0.25) is 9.59 Å². The third-order valence-electron chi connectivity index (χ3n) is 4.11. The Balaban J connectivity index is 1.78. The Labute approximate surface area is 171 Å². The van der Waals surface area contributed by atoms with Gasteiger partial charge in [0, 0.05) is 12.2 Å². The smallest absolute Gasteiger partial charge is 0.307 e. The van der Waals surface area contributed by atoms with Crippen LogP contribution in [0.2, 0.25) is 0 Å². The highest BCUT2D eigenvalue weighted by atomic mass is 32.2. The summed E-state index contributed by atoms with van der Waals surface area (Å²) in [4.78, 5) is 23.9. The lowest BCUT2D eigenvalue weighted by Crippen LogP contribution is -2.28. The van der Waals surface area contributed by atoms with Gasteiger partial charge in [-0.2, -0.15) is 0 Å². The van der Waals surface area contributed by atoms with E-state index in [-0.39, 0.29) is 17.9 Å². The third kappa shape index (κ3) is 6.99. The molecule has 0 bridgehead atoms. The summed E-state index contributed by atoms with van der Waals surface area (Å²) in [5.41, 5.74) is 4.24. The minimum atomic E-state index is -3.72. The van der Waals surface area contributed by atoms with E-state index in [4.69, 9.17) is 4.74 Å². The van der Waals surface area contributed by atoms with Crippen molar-refractivity contribution >= 4 is 27.6 Å². The summed E-state index contributed by atoms with van der Waals surface area (Å²) in [5.74, 6) is -1.12. The zero-order valence-corrected chi connectivity index (χ0v) is 17.9. The lowest BCUT2D eigenvalue weighted by Gasteiger charge is -2.10. The van der Waals surface area contributed by atoms with E-state index >= 15 is 0 Å². The summed E-state index contributed by atoms with van der Waals surface area (Å²) < 4.78 is 32.0. The minimum absolute atomic E-state index is 0.118. The van der Waals surface area contributed by atoms with Crippen molar-refractivity contribution in [2.45, 2.75) is 39.0 Å². The maximum atomic E-state index is 12.3. The van der Waals surface area contributed by atoms with Crippen LogP contribution in [0.1, 0.15) is 28.7 Å². The van der Waals surface area contributed by atoms with Gasteiger partial charge in [-0.15, -0.1) is 0 Å². The van der Waals surface area contributed by atoms with E-state index in [1.165, 1.54) is 6.07 Å². The number of sulfonamides is 1. The first kappa shape index (κ1) is 22.6. The average molecular weight is 419 g/mol. The zero-order valence-electron chi connectivity index (χ0n) is 17.0. The molecule has 156 valence electrons. The molecule has 0 radical (unpaired) electrons. The first-order chi connectivity index (χ1) is 13.6. The summed E-state index contributed by atoms with van der Waals surface area (Å²) in [6, 6.07) is 10.6. The highest BCUT2D eigenvalue weighted by molar-refractivity contribution is 7.89. The maximum Gasteiger partial charge on any atom is 0.307 e. The molecule has 0 heterocycles. The molecule has 29 heavy (non-hydrogen) atoms. The SMILES string of the molecule is Cc1cc(C)cc(NC(=O)COC(=O)CCNS(=O)(=O)c2ccc(C)cc2C)c1. The van der Waals surface area contributed by atoms with Gasteiger partial charge < -0.3 is 10.1 Å². The van der Waals surface area contributed by atoms with Gasteiger partial charge in [-0.1, -0.05) is 23.8 Å². The van der Waals surface area contributed by atoms with Gasteiger partial charge in [-0.05, 0) is 62.6 Å². The molecule has 2 rings (SSSR count). The topological polar surface area (TPSA) is 102 Å². The second kappa shape index (κ2) is 9.67. The molecule has 7 nitrogen and oxygen atoms in total. The van der Waals surface area contributed by atoms with Crippen LogP contribution in [-0.2, 0) is 24.3 Å². The van der Waals surface area contributed by atoms with Crippen molar-refractivity contribution in [1.82, 2.24) is 4.72 Å². The van der Waals surface area contributed by atoms with E-state index in [2.05, 4.69) is 10.0 Å². The molecule has 2 aromatic rings. The number of esters is 1. The standard InChI is InChI=1S/C21H26N2O5S/c1-14-5-6-19(17(4)10-14)29(26,27)22-8-7-21(25)28-13-20(24)23-18-11-15(2)9-16(3)12-18/h5-6,9-12,22H,7-8,13H2,1-4H3,(H,23,24).